The third-order valence-electron chi connectivity index (χ3n) is 5.35. The molecule has 0 radical (unpaired) electrons. The molecule has 1 fully saturated rings. The number of nitrogens with zero attached hydrogens (tertiary/aromatic N) is 7. The SMILES string of the molecule is CN1CC(S(=O)(=O)c2ccc(-c3ccc4ncnn4c3)c(-c3nnn[nH]3)c2S(N)(=O)=O)C1. The Morgan fingerprint density at radius 2 is 1.91 bits per heavy atom. The minimum Gasteiger partial charge on any atom is -0.304 e. The van der Waals surface area contributed by atoms with Crippen LogP contribution in [0.1, 0.15) is 0 Å². The lowest BCUT2D eigenvalue weighted by Gasteiger charge is -2.35. The van der Waals surface area contributed by atoms with Gasteiger partial charge in [-0.1, -0.05) is 6.07 Å². The monoisotopic (exact) mass is 475 g/mol. The van der Waals surface area contributed by atoms with E-state index < -0.39 is 30.0 Å². The van der Waals surface area contributed by atoms with Crippen LogP contribution in [0.25, 0.3) is 28.2 Å². The van der Waals surface area contributed by atoms with Crippen LogP contribution in [0.3, 0.4) is 0 Å². The summed E-state index contributed by atoms with van der Waals surface area (Å²) in [6.45, 7) is 0.576. The highest BCUT2D eigenvalue weighted by atomic mass is 32.2. The molecule has 3 aromatic heterocycles. The van der Waals surface area contributed by atoms with Gasteiger partial charge in [-0.15, -0.1) is 5.10 Å². The Hall–Kier alpha value is -3.27. The molecule has 4 heterocycles. The van der Waals surface area contributed by atoms with Crippen molar-refractivity contribution in [1.29, 1.82) is 0 Å². The van der Waals surface area contributed by atoms with Crippen molar-refractivity contribution < 1.29 is 16.8 Å². The van der Waals surface area contributed by atoms with E-state index in [4.69, 9.17) is 5.14 Å². The van der Waals surface area contributed by atoms with E-state index in [1.165, 1.54) is 23.0 Å². The van der Waals surface area contributed by atoms with E-state index in [2.05, 4.69) is 30.7 Å². The number of hydrogen-bond acceptors (Lipinski definition) is 10. The molecule has 3 N–H and O–H groups in total. The van der Waals surface area contributed by atoms with Gasteiger partial charge in [0.2, 0.25) is 10.0 Å². The third-order valence-corrected chi connectivity index (χ3v) is 8.60. The van der Waals surface area contributed by atoms with Crippen molar-refractivity contribution in [2.45, 2.75) is 15.0 Å². The molecule has 0 saturated carbocycles. The van der Waals surface area contributed by atoms with Gasteiger partial charge in [0.15, 0.2) is 21.3 Å². The maximum absolute atomic E-state index is 13.3. The number of rotatable bonds is 5. The lowest BCUT2D eigenvalue weighted by atomic mass is 10.0. The van der Waals surface area contributed by atoms with Crippen LogP contribution < -0.4 is 5.14 Å². The molecule has 1 saturated heterocycles. The average Bonchev–Trinajstić information content (AvgIpc) is 3.40. The number of sulfonamides is 1. The number of sulfone groups is 1. The standard InChI is InChI=1S/C17H17N9O4S2/c1-25-7-11(8-25)31(27,28)13-4-3-12(10-2-5-14-19-9-20-26(14)6-10)15(16(13)32(18,29)30)17-21-23-24-22-17/h2-6,9,11H,7-8H2,1H3,(H2,18,29,30)(H,21,22,23,24). The summed E-state index contributed by atoms with van der Waals surface area (Å²) in [7, 11) is -6.73. The minimum absolute atomic E-state index is 0.0364. The fourth-order valence-corrected chi connectivity index (χ4v) is 7.22. The molecule has 32 heavy (non-hydrogen) atoms. The van der Waals surface area contributed by atoms with Gasteiger partial charge in [0.1, 0.15) is 11.2 Å². The Labute approximate surface area is 182 Å². The molecule has 1 aliphatic heterocycles. The third kappa shape index (κ3) is 3.26. The van der Waals surface area contributed by atoms with Gasteiger partial charge in [-0.05, 0) is 41.2 Å². The van der Waals surface area contributed by atoms with E-state index in [0.717, 1.165) is 0 Å². The molecule has 1 aromatic carbocycles. The number of pyridine rings is 1. The zero-order valence-electron chi connectivity index (χ0n) is 16.6. The van der Waals surface area contributed by atoms with Crippen LogP contribution >= 0.6 is 0 Å². The van der Waals surface area contributed by atoms with Crippen LogP contribution in [0.2, 0.25) is 0 Å². The number of aromatic nitrogens is 7. The van der Waals surface area contributed by atoms with Crippen molar-refractivity contribution >= 4 is 25.5 Å². The molecule has 0 bridgehead atoms. The molecule has 15 heteroatoms. The summed E-state index contributed by atoms with van der Waals surface area (Å²) in [5.74, 6) is -0.0366. The normalized spacial score (nSPS) is 15.8. The van der Waals surface area contributed by atoms with E-state index in [0.29, 0.717) is 16.8 Å². The summed E-state index contributed by atoms with van der Waals surface area (Å²) in [4.78, 5) is 4.97. The fourth-order valence-electron chi connectivity index (χ4n) is 3.80. The van der Waals surface area contributed by atoms with E-state index in [9.17, 15) is 16.8 Å². The van der Waals surface area contributed by atoms with Crippen LogP contribution in [-0.4, -0.2) is 82.3 Å². The van der Waals surface area contributed by atoms with Crippen LogP contribution in [0.5, 0.6) is 0 Å². The lowest BCUT2D eigenvalue weighted by molar-refractivity contribution is 0.231. The van der Waals surface area contributed by atoms with Crippen LogP contribution in [0.4, 0.5) is 0 Å². The van der Waals surface area contributed by atoms with E-state index in [-0.39, 0.29) is 29.4 Å². The highest BCUT2D eigenvalue weighted by Crippen LogP contribution is 2.40. The second-order valence-electron chi connectivity index (χ2n) is 7.48. The van der Waals surface area contributed by atoms with Gasteiger partial charge < -0.3 is 4.90 Å². The molecule has 166 valence electrons. The Morgan fingerprint density at radius 1 is 1.12 bits per heavy atom. The molecular formula is C17H17N9O4S2. The predicted molar refractivity (Wildman–Crippen MR) is 111 cm³/mol. The first-order valence-electron chi connectivity index (χ1n) is 9.32. The number of nitrogens with two attached hydrogens (primary N) is 1. The molecule has 0 spiro atoms. The highest BCUT2D eigenvalue weighted by Gasteiger charge is 2.40. The molecule has 0 atom stereocenters. The number of primary sulfonamides is 1. The second-order valence-corrected chi connectivity index (χ2v) is 11.2. The first-order chi connectivity index (χ1) is 15.2. The maximum atomic E-state index is 13.3. The maximum Gasteiger partial charge on any atom is 0.240 e. The molecule has 1 aliphatic rings. The van der Waals surface area contributed by atoms with Crippen molar-refractivity contribution in [2.24, 2.45) is 5.14 Å². The molecule has 0 amide bonds. The molecule has 13 nitrogen and oxygen atoms in total. The van der Waals surface area contributed by atoms with Gasteiger partial charge in [-0.3, -0.25) is 0 Å². The minimum atomic E-state index is -4.51. The van der Waals surface area contributed by atoms with E-state index >= 15 is 0 Å². The topological polar surface area (TPSA) is 182 Å². The summed E-state index contributed by atoms with van der Waals surface area (Å²) in [6, 6.07) is 6.17. The average molecular weight is 476 g/mol. The van der Waals surface area contributed by atoms with Gasteiger partial charge in [-0.2, -0.15) is 5.10 Å². The van der Waals surface area contributed by atoms with Gasteiger partial charge in [0, 0.05) is 30.4 Å². The number of H-pyrrole nitrogens is 1. The van der Waals surface area contributed by atoms with E-state index in [1.54, 1.807) is 25.4 Å². The first-order valence-corrected chi connectivity index (χ1v) is 12.4. The summed E-state index contributed by atoms with van der Waals surface area (Å²) in [5, 5.41) is 22.3. The Kier molecular flexibility index (Phi) is 4.59. The number of fused-ring (bicyclic) bond motifs is 1. The van der Waals surface area contributed by atoms with Crippen LogP contribution in [0, 0.1) is 0 Å². The van der Waals surface area contributed by atoms with Gasteiger partial charge >= 0.3 is 0 Å². The molecule has 5 rings (SSSR count). The largest absolute Gasteiger partial charge is 0.304 e. The number of benzene rings is 1. The highest BCUT2D eigenvalue weighted by molar-refractivity contribution is 7.94. The smallest absolute Gasteiger partial charge is 0.240 e. The lowest BCUT2D eigenvalue weighted by Crippen LogP contribution is -2.52. The van der Waals surface area contributed by atoms with Gasteiger partial charge in [0.05, 0.1) is 10.1 Å². The molecular weight excluding hydrogens is 458 g/mol. The van der Waals surface area contributed by atoms with E-state index in [1.807, 2.05) is 4.90 Å². The number of tetrazole rings is 1. The summed E-state index contributed by atoms with van der Waals surface area (Å²) < 4.78 is 53.6. The molecule has 0 unspecified atom stereocenters. The Balaban J connectivity index is 1.83. The van der Waals surface area contributed by atoms with Gasteiger partial charge in [0.25, 0.3) is 0 Å². The number of likely N-dealkylation sites (tertiary alicyclic amines) is 1. The fraction of sp³-hybridized carbons (Fsp3) is 0.235. The summed E-state index contributed by atoms with van der Waals surface area (Å²) in [6.07, 6.45) is 3.01. The first kappa shape index (κ1) is 20.6. The summed E-state index contributed by atoms with van der Waals surface area (Å²) >= 11 is 0. The number of aromatic amines is 1. The second kappa shape index (κ2) is 7.13. The van der Waals surface area contributed by atoms with Crippen molar-refractivity contribution in [2.75, 3.05) is 20.1 Å². The molecule has 0 aliphatic carbocycles. The zero-order chi connectivity index (χ0) is 22.7. The van der Waals surface area contributed by atoms with Crippen molar-refractivity contribution in [3.05, 3.63) is 36.8 Å². The van der Waals surface area contributed by atoms with Crippen LogP contribution in [-0.2, 0) is 19.9 Å². The van der Waals surface area contributed by atoms with Crippen molar-refractivity contribution in [3.63, 3.8) is 0 Å². The summed E-state index contributed by atoms with van der Waals surface area (Å²) in [5.41, 5.74) is 1.43. The number of hydrogen-bond donors (Lipinski definition) is 2. The Bertz CT molecular complexity index is 1540. The number of nitrogens with one attached hydrogen (secondary N) is 1. The van der Waals surface area contributed by atoms with Crippen LogP contribution in [0.15, 0.2) is 46.6 Å². The predicted octanol–water partition coefficient (Wildman–Crippen LogP) is -0.688. The van der Waals surface area contributed by atoms with Crippen molar-refractivity contribution in [3.8, 4) is 22.5 Å². The molecule has 4 aromatic rings. The Morgan fingerprint density at radius 3 is 2.56 bits per heavy atom. The quantitative estimate of drug-likeness (QED) is 0.375. The van der Waals surface area contributed by atoms with Gasteiger partial charge in [-0.25, -0.2) is 36.6 Å². The van der Waals surface area contributed by atoms with Crippen molar-refractivity contribution in [1.82, 2.24) is 40.1 Å². The zero-order valence-corrected chi connectivity index (χ0v) is 18.2.